The number of rotatable bonds is 4. The van der Waals surface area contributed by atoms with Crippen LogP contribution in [0.1, 0.15) is 36.2 Å². The minimum absolute atomic E-state index is 0.00791. The first-order chi connectivity index (χ1) is 14.3. The van der Waals surface area contributed by atoms with Gasteiger partial charge in [0.15, 0.2) is 11.6 Å². The van der Waals surface area contributed by atoms with Crippen molar-refractivity contribution in [3.63, 3.8) is 0 Å². The SMILES string of the molecule is C[C@H]1CN(c2nc3c(cc2F)c(=O)c(C(=O)O)cn3C2CC2)CC(=C(F)CN)CO1. The van der Waals surface area contributed by atoms with Crippen LogP contribution in [-0.4, -0.2) is 53.0 Å². The lowest BCUT2D eigenvalue weighted by molar-refractivity contribution is 0.0694. The van der Waals surface area contributed by atoms with Gasteiger partial charge in [0.1, 0.15) is 17.0 Å². The number of pyridine rings is 2. The number of hydrogen-bond donors (Lipinski definition) is 2. The second-order valence-corrected chi connectivity index (χ2v) is 7.70. The number of aromatic nitrogens is 2. The number of nitrogens with zero attached hydrogens (tertiary/aromatic N) is 3. The molecule has 0 aromatic carbocycles. The molecular formula is C20H22F2N4O4. The van der Waals surface area contributed by atoms with E-state index in [4.69, 9.17) is 10.5 Å². The molecule has 160 valence electrons. The highest BCUT2D eigenvalue weighted by Gasteiger charge is 2.30. The number of aromatic carboxylic acids is 1. The van der Waals surface area contributed by atoms with E-state index in [-0.39, 0.29) is 55.2 Å². The van der Waals surface area contributed by atoms with E-state index < -0.39 is 28.6 Å². The molecule has 2 fully saturated rings. The molecule has 10 heteroatoms. The minimum Gasteiger partial charge on any atom is -0.477 e. The van der Waals surface area contributed by atoms with Gasteiger partial charge in [0, 0.05) is 37.4 Å². The van der Waals surface area contributed by atoms with Gasteiger partial charge < -0.3 is 25.0 Å². The fourth-order valence-corrected chi connectivity index (χ4v) is 3.66. The molecule has 1 aliphatic carbocycles. The van der Waals surface area contributed by atoms with Crippen LogP contribution in [0.5, 0.6) is 0 Å². The number of ether oxygens (including phenoxy) is 1. The Bertz CT molecular complexity index is 1110. The average Bonchev–Trinajstić information content (AvgIpc) is 3.55. The van der Waals surface area contributed by atoms with E-state index in [0.29, 0.717) is 5.57 Å². The van der Waals surface area contributed by atoms with Gasteiger partial charge in [0.25, 0.3) is 0 Å². The first kappa shape index (κ1) is 20.4. The van der Waals surface area contributed by atoms with E-state index in [2.05, 4.69) is 4.98 Å². The molecule has 2 aromatic rings. The standard InChI is InChI=1S/C20H22F2N4O4/c1-10-6-25(7-11(9-30-10)16(22)5-23)19-15(21)4-13-17(27)14(20(28)29)8-26(12-2-3-12)18(13)24-19/h4,8,10,12H,2-3,5-7,9,23H2,1H3,(H,28,29)/t10-/m0/s1. The van der Waals surface area contributed by atoms with Gasteiger partial charge in [-0.05, 0) is 25.8 Å². The molecule has 8 nitrogen and oxygen atoms in total. The number of anilines is 1. The number of carboxylic acid groups (broad SMARTS) is 1. The zero-order chi connectivity index (χ0) is 21.6. The fraction of sp³-hybridized carbons (Fsp3) is 0.450. The second kappa shape index (κ2) is 7.77. The Morgan fingerprint density at radius 1 is 1.43 bits per heavy atom. The predicted octanol–water partition coefficient (Wildman–Crippen LogP) is 1.98. The summed E-state index contributed by atoms with van der Waals surface area (Å²) in [5.41, 5.74) is 4.73. The lowest BCUT2D eigenvalue weighted by Gasteiger charge is -2.25. The van der Waals surface area contributed by atoms with E-state index in [9.17, 15) is 19.1 Å². The summed E-state index contributed by atoms with van der Waals surface area (Å²) in [6.45, 7) is 1.86. The molecule has 4 rings (SSSR count). The molecule has 0 unspecified atom stereocenters. The van der Waals surface area contributed by atoms with Crippen molar-refractivity contribution in [2.24, 2.45) is 5.73 Å². The summed E-state index contributed by atoms with van der Waals surface area (Å²) in [6, 6.07) is 1.03. The van der Waals surface area contributed by atoms with E-state index in [1.165, 1.54) is 6.20 Å². The number of carboxylic acids is 1. The van der Waals surface area contributed by atoms with E-state index in [0.717, 1.165) is 18.9 Å². The van der Waals surface area contributed by atoms with Gasteiger partial charge in [-0.15, -0.1) is 0 Å². The topological polar surface area (TPSA) is 111 Å². The Kier molecular flexibility index (Phi) is 5.29. The van der Waals surface area contributed by atoms with Crippen molar-refractivity contribution in [3.8, 4) is 0 Å². The molecule has 1 atom stereocenters. The number of halogens is 2. The molecule has 3 heterocycles. The van der Waals surface area contributed by atoms with Gasteiger partial charge in [0.2, 0.25) is 5.43 Å². The third kappa shape index (κ3) is 3.68. The summed E-state index contributed by atoms with van der Waals surface area (Å²) < 4.78 is 36.4. The van der Waals surface area contributed by atoms with Crippen LogP contribution >= 0.6 is 0 Å². The van der Waals surface area contributed by atoms with Crippen molar-refractivity contribution in [3.05, 3.63) is 45.3 Å². The largest absolute Gasteiger partial charge is 0.477 e. The molecule has 0 radical (unpaired) electrons. The maximum atomic E-state index is 15.1. The summed E-state index contributed by atoms with van der Waals surface area (Å²) in [5, 5.41) is 9.25. The van der Waals surface area contributed by atoms with Crippen LogP contribution in [-0.2, 0) is 4.74 Å². The molecule has 2 aromatic heterocycles. The quantitative estimate of drug-likeness (QED) is 0.778. The van der Waals surface area contributed by atoms with Crippen LogP contribution in [0.15, 0.2) is 28.5 Å². The van der Waals surface area contributed by atoms with Crippen molar-refractivity contribution in [1.29, 1.82) is 0 Å². The van der Waals surface area contributed by atoms with Gasteiger partial charge in [-0.25, -0.2) is 18.6 Å². The van der Waals surface area contributed by atoms with Gasteiger partial charge >= 0.3 is 5.97 Å². The maximum absolute atomic E-state index is 15.1. The van der Waals surface area contributed by atoms with Crippen molar-refractivity contribution >= 4 is 22.8 Å². The summed E-state index contributed by atoms with van der Waals surface area (Å²) >= 11 is 0. The van der Waals surface area contributed by atoms with E-state index in [1.807, 2.05) is 0 Å². The lowest BCUT2D eigenvalue weighted by Crippen LogP contribution is -2.32. The summed E-state index contributed by atoms with van der Waals surface area (Å²) in [4.78, 5) is 30.0. The van der Waals surface area contributed by atoms with Crippen LogP contribution in [0.4, 0.5) is 14.6 Å². The van der Waals surface area contributed by atoms with Crippen LogP contribution in [0, 0.1) is 5.82 Å². The van der Waals surface area contributed by atoms with Crippen molar-refractivity contribution < 1.29 is 23.4 Å². The predicted molar refractivity (Wildman–Crippen MR) is 106 cm³/mol. The normalized spacial score (nSPS) is 21.6. The molecular weight excluding hydrogens is 398 g/mol. The second-order valence-electron chi connectivity index (χ2n) is 7.70. The molecule has 3 N–H and O–H groups in total. The fourth-order valence-electron chi connectivity index (χ4n) is 3.66. The van der Waals surface area contributed by atoms with E-state index in [1.54, 1.807) is 16.4 Å². The van der Waals surface area contributed by atoms with Gasteiger partial charge in [-0.2, -0.15) is 0 Å². The van der Waals surface area contributed by atoms with Crippen LogP contribution in [0.25, 0.3) is 11.0 Å². The number of nitrogens with two attached hydrogens (primary N) is 1. The molecule has 1 saturated carbocycles. The van der Waals surface area contributed by atoms with Gasteiger partial charge in [0.05, 0.1) is 18.1 Å². The zero-order valence-corrected chi connectivity index (χ0v) is 16.4. The third-order valence-corrected chi connectivity index (χ3v) is 5.37. The highest BCUT2D eigenvalue weighted by molar-refractivity contribution is 5.92. The maximum Gasteiger partial charge on any atom is 0.341 e. The average molecular weight is 420 g/mol. The van der Waals surface area contributed by atoms with Crippen LogP contribution in [0.2, 0.25) is 0 Å². The van der Waals surface area contributed by atoms with Crippen molar-refractivity contribution in [2.75, 3.05) is 31.1 Å². The molecule has 1 saturated heterocycles. The number of carbonyl (C=O) groups is 1. The molecule has 0 spiro atoms. The summed E-state index contributed by atoms with van der Waals surface area (Å²) in [7, 11) is 0. The molecule has 1 aliphatic heterocycles. The zero-order valence-electron chi connectivity index (χ0n) is 16.4. The number of fused-ring (bicyclic) bond motifs is 1. The Morgan fingerprint density at radius 3 is 2.80 bits per heavy atom. The van der Waals surface area contributed by atoms with Crippen molar-refractivity contribution in [1.82, 2.24) is 9.55 Å². The van der Waals surface area contributed by atoms with Crippen LogP contribution < -0.4 is 16.1 Å². The number of hydrogen-bond acceptors (Lipinski definition) is 6. The summed E-state index contributed by atoms with van der Waals surface area (Å²) in [6.07, 6.45) is 2.58. The Balaban J connectivity index is 1.88. The lowest BCUT2D eigenvalue weighted by atomic mass is 10.1. The third-order valence-electron chi connectivity index (χ3n) is 5.37. The van der Waals surface area contributed by atoms with Crippen molar-refractivity contribution in [2.45, 2.75) is 31.9 Å². The molecule has 0 bridgehead atoms. The van der Waals surface area contributed by atoms with Gasteiger partial charge in [-0.3, -0.25) is 4.79 Å². The molecule has 30 heavy (non-hydrogen) atoms. The van der Waals surface area contributed by atoms with Gasteiger partial charge in [-0.1, -0.05) is 0 Å². The first-order valence-electron chi connectivity index (χ1n) is 9.71. The monoisotopic (exact) mass is 420 g/mol. The Morgan fingerprint density at radius 2 is 2.17 bits per heavy atom. The Hall–Kier alpha value is -2.85. The Labute approximate surface area is 170 Å². The smallest absolute Gasteiger partial charge is 0.341 e. The highest BCUT2D eigenvalue weighted by atomic mass is 19.1. The minimum atomic E-state index is -1.37. The molecule has 0 amide bonds. The first-order valence-corrected chi connectivity index (χ1v) is 9.71. The summed E-state index contributed by atoms with van der Waals surface area (Å²) in [5.74, 6) is -2.72. The highest BCUT2D eigenvalue weighted by Crippen LogP contribution is 2.37. The molecule has 2 aliphatic rings. The van der Waals surface area contributed by atoms with Crippen LogP contribution in [0.3, 0.4) is 0 Å². The van der Waals surface area contributed by atoms with E-state index >= 15 is 4.39 Å².